The number of rotatable bonds is 2. The highest BCUT2D eigenvalue weighted by molar-refractivity contribution is 5.74. The maximum atomic E-state index is 10.4. The largest absolute Gasteiger partial charge is 0.488 e. The number of carboxylic acid groups (broad SMARTS) is 1. The third kappa shape index (κ3) is 1.25. The van der Waals surface area contributed by atoms with Gasteiger partial charge in [0.05, 0.1) is 0 Å². The highest BCUT2D eigenvalue weighted by atomic mass is 16.5. The lowest BCUT2D eigenvalue weighted by Gasteiger charge is -2.21. The average molecular weight is 180 g/mol. The number of fused-ring (bicyclic) bond motifs is 1. The minimum absolute atomic E-state index is 0.398. The summed E-state index contributed by atoms with van der Waals surface area (Å²) in [6, 6.07) is 4.87. The van der Waals surface area contributed by atoms with Crippen molar-refractivity contribution in [2.45, 2.75) is 12.7 Å². The summed E-state index contributed by atoms with van der Waals surface area (Å²) in [6.45, 7) is 0.496. The molecule has 1 atom stereocenters. The third-order valence-corrected chi connectivity index (χ3v) is 2.02. The van der Waals surface area contributed by atoms with Gasteiger partial charge in [-0.25, -0.2) is 4.79 Å². The van der Waals surface area contributed by atoms with E-state index in [9.17, 15) is 9.90 Å². The molecule has 1 aromatic rings. The van der Waals surface area contributed by atoms with Crippen molar-refractivity contribution in [3.05, 3.63) is 29.3 Å². The van der Waals surface area contributed by atoms with Crippen molar-refractivity contribution in [2.75, 3.05) is 0 Å². The Morgan fingerprint density at radius 3 is 2.77 bits per heavy atom. The first kappa shape index (κ1) is 8.07. The van der Waals surface area contributed by atoms with Crippen molar-refractivity contribution in [3.8, 4) is 5.75 Å². The van der Waals surface area contributed by atoms with Crippen molar-refractivity contribution in [2.24, 2.45) is 0 Å². The van der Waals surface area contributed by atoms with Gasteiger partial charge in [0.2, 0.25) is 0 Å². The number of aliphatic hydroxyl groups excluding tert-OH is 1. The maximum absolute atomic E-state index is 10.4. The van der Waals surface area contributed by atoms with Crippen LogP contribution in [0.1, 0.15) is 17.2 Å². The minimum atomic E-state index is -1.44. The topological polar surface area (TPSA) is 66.8 Å². The zero-order valence-electron chi connectivity index (χ0n) is 6.73. The molecule has 1 aliphatic rings. The van der Waals surface area contributed by atoms with Gasteiger partial charge in [-0.15, -0.1) is 0 Å². The van der Waals surface area contributed by atoms with E-state index in [0.717, 1.165) is 11.3 Å². The van der Waals surface area contributed by atoms with Gasteiger partial charge in [-0.1, -0.05) is 6.07 Å². The summed E-state index contributed by atoms with van der Waals surface area (Å²) in [6.07, 6.45) is -1.44. The van der Waals surface area contributed by atoms with Crippen LogP contribution in [-0.2, 0) is 11.4 Å². The van der Waals surface area contributed by atoms with E-state index in [1.807, 2.05) is 0 Å². The Morgan fingerprint density at radius 1 is 1.54 bits per heavy atom. The summed E-state index contributed by atoms with van der Waals surface area (Å²) in [5.74, 6) is -0.471. The molecule has 1 unspecified atom stereocenters. The van der Waals surface area contributed by atoms with Gasteiger partial charge < -0.3 is 14.9 Å². The summed E-state index contributed by atoms with van der Waals surface area (Å²) in [7, 11) is 0. The first-order valence-corrected chi connectivity index (χ1v) is 3.85. The predicted molar refractivity (Wildman–Crippen MR) is 43.4 cm³/mol. The number of carboxylic acids is 1. The molecule has 0 fully saturated rings. The highest BCUT2D eigenvalue weighted by Gasteiger charge is 2.20. The highest BCUT2D eigenvalue weighted by Crippen LogP contribution is 2.31. The molecule has 0 spiro atoms. The van der Waals surface area contributed by atoms with E-state index in [-0.39, 0.29) is 0 Å². The van der Waals surface area contributed by atoms with Gasteiger partial charge in [-0.05, 0) is 17.7 Å². The molecule has 0 aromatic heterocycles. The molecule has 0 amide bonds. The van der Waals surface area contributed by atoms with Crippen LogP contribution in [-0.4, -0.2) is 16.2 Å². The molecular weight excluding hydrogens is 172 g/mol. The van der Waals surface area contributed by atoms with Gasteiger partial charge in [0.25, 0.3) is 0 Å². The maximum Gasteiger partial charge on any atom is 0.337 e. The summed E-state index contributed by atoms with van der Waals surface area (Å²) in [5.41, 5.74) is 1.34. The van der Waals surface area contributed by atoms with Crippen molar-refractivity contribution in [1.82, 2.24) is 0 Å². The molecule has 13 heavy (non-hydrogen) atoms. The van der Waals surface area contributed by atoms with Gasteiger partial charge in [-0.3, -0.25) is 0 Å². The van der Waals surface area contributed by atoms with E-state index in [1.165, 1.54) is 0 Å². The molecule has 0 bridgehead atoms. The molecule has 1 heterocycles. The Bertz CT molecular complexity index is 359. The smallest absolute Gasteiger partial charge is 0.337 e. The number of carbonyl (C=O) groups is 1. The molecule has 1 aliphatic heterocycles. The molecule has 0 aliphatic carbocycles. The van der Waals surface area contributed by atoms with E-state index in [0.29, 0.717) is 12.2 Å². The SMILES string of the molecule is O=C(O)C(O)c1ccc2c(c1)CO2. The van der Waals surface area contributed by atoms with Crippen LogP contribution >= 0.6 is 0 Å². The van der Waals surface area contributed by atoms with Crippen LogP contribution in [0.5, 0.6) is 5.75 Å². The Kier molecular flexibility index (Phi) is 1.70. The van der Waals surface area contributed by atoms with Gasteiger partial charge in [0, 0.05) is 5.56 Å². The van der Waals surface area contributed by atoms with E-state index in [4.69, 9.17) is 9.84 Å². The summed E-state index contributed by atoms with van der Waals surface area (Å²) in [4.78, 5) is 10.4. The average Bonchev–Trinajstić information content (AvgIpc) is 2.06. The van der Waals surface area contributed by atoms with Crippen LogP contribution in [0.4, 0.5) is 0 Å². The van der Waals surface area contributed by atoms with Crippen LogP contribution in [0, 0.1) is 0 Å². The molecule has 4 nitrogen and oxygen atoms in total. The molecule has 0 saturated heterocycles. The first-order chi connectivity index (χ1) is 6.18. The van der Waals surface area contributed by atoms with Gasteiger partial charge in [0.15, 0.2) is 6.10 Å². The summed E-state index contributed by atoms with van der Waals surface area (Å²) >= 11 is 0. The van der Waals surface area contributed by atoms with Crippen LogP contribution in [0.15, 0.2) is 18.2 Å². The number of aliphatic carboxylic acids is 1. The normalized spacial score (nSPS) is 15.2. The van der Waals surface area contributed by atoms with Crippen molar-refractivity contribution in [3.63, 3.8) is 0 Å². The fourth-order valence-electron chi connectivity index (χ4n) is 1.24. The second-order valence-electron chi connectivity index (χ2n) is 2.90. The molecule has 4 heteroatoms. The quantitative estimate of drug-likeness (QED) is 0.702. The van der Waals surface area contributed by atoms with E-state index in [1.54, 1.807) is 18.2 Å². The van der Waals surface area contributed by atoms with E-state index < -0.39 is 12.1 Å². The summed E-state index contributed by atoms with van der Waals surface area (Å²) < 4.78 is 5.04. The third-order valence-electron chi connectivity index (χ3n) is 2.02. The molecule has 2 N–H and O–H groups in total. The number of ether oxygens (including phenoxy) is 1. The molecule has 68 valence electrons. The van der Waals surface area contributed by atoms with E-state index in [2.05, 4.69) is 0 Å². The van der Waals surface area contributed by atoms with Crippen molar-refractivity contribution >= 4 is 5.97 Å². The molecule has 0 saturated carbocycles. The molecular formula is C9H8O4. The van der Waals surface area contributed by atoms with E-state index >= 15 is 0 Å². The Labute approximate surface area is 74.4 Å². The second kappa shape index (κ2) is 2.74. The Hall–Kier alpha value is -1.55. The lowest BCUT2D eigenvalue weighted by molar-refractivity contribution is -0.146. The van der Waals surface area contributed by atoms with Gasteiger partial charge in [0.1, 0.15) is 12.4 Å². The molecule has 1 aromatic carbocycles. The van der Waals surface area contributed by atoms with Gasteiger partial charge in [-0.2, -0.15) is 0 Å². The van der Waals surface area contributed by atoms with Crippen LogP contribution in [0.25, 0.3) is 0 Å². The Morgan fingerprint density at radius 2 is 2.31 bits per heavy atom. The molecule has 0 radical (unpaired) electrons. The fourth-order valence-corrected chi connectivity index (χ4v) is 1.24. The van der Waals surface area contributed by atoms with Crippen molar-refractivity contribution < 1.29 is 19.7 Å². The number of aliphatic hydroxyl groups is 1. The standard InChI is InChI=1S/C9H8O4/c10-8(9(11)12)5-1-2-7-6(3-5)4-13-7/h1-3,8,10H,4H2,(H,11,12). The number of benzene rings is 1. The van der Waals surface area contributed by atoms with Crippen LogP contribution in [0.3, 0.4) is 0 Å². The fraction of sp³-hybridized carbons (Fsp3) is 0.222. The number of hydrogen-bond donors (Lipinski definition) is 2. The Balaban J connectivity index is 2.31. The van der Waals surface area contributed by atoms with Gasteiger partial charge >= 0.3 is 5.97 Å². The lowest BCUT2D eigenvalue weighted by atomic mass is 10.0. The van der Waals surface area contributed by atoms with Crippen LogP contribution in [0.2, 0.25) is 0 Å². The van der Waals surface area contributed by atoms with Crippen molar-refractivity contribution in [1.29, 1.82) is 0 Å². The first-order valence-electron chi connectivity index (χ1n) is 3.85. The molecule has 2 rings (SSSR count). The number of hydrogen-bond acceptors (Lipinski definition) is 3. The predicted octanol–water partition coefficient (Wildman–Crippen LogP) is 0.697. The second-order valence-corrected chi connectivity index (χ2v) is 2.90. The lowest BCUT2D eigenvalue weighted by Crippen LogP contribution is -2.14. The summed E-state index contributed by atoms with van der Waals surface area (Å²) in [5, 5.41) is 17.7. The van der Waals surface area contributed by atoms with Crippen LogP contribution < -0.4 is 4.74 Å². The minimum Gasteiger partial charge on any atom is -0.488 e. The zero-order valence-corrected chi connectivity index (χ0v) is 6.73. The zero-order chi connectivity index (χ0) is 9.42. The monoisotopic (exact) mass is 180 g/mol.